The van der Waals surface area contributed by atoms with Crippen LogP contribution in [0.1, 0.15) is 0 Å². The Balaban J connectivity index is 1.02. The molecule has 0 aliphatic rings. The van der Waals surface area contributed by atoms with Crippen LogP contribution in [0.2, 0.25) is 0 Å². The Morgan fingerprint density at radius 1 is 0.375 bits per heavy atom. The number of hydrogen-bond acceptors (Lipinski definition) is 2. The van der Waals surface area contributed by atoms with Gasteiger partial charge in [-0.1, -0.05) is 164 Å². The fourth-order valence-electron chi connectivity index (χ4n) is 8.78. The van der Waals surface area contributed by atoms with Crippen LogP contribution in [-0.4, -0.2) is 9.38 Å². The van der Waals surface area contributed by atoms with Crippen LogP contribution >= 0.6 is 11.3 Å². The highest BCUT2D eigenvalue weighted by Gasteiger charge is 2.19. The van der Waals surface area contributed by atoms with Crippen LogP contribution in [0.4, 0.5) is 0 Å². The maximum Gasteiger partial charge on any atom is 0.156 e. The molecule has 12 aromatic rings. The second-order valence-electron chi connectivity index (χ2n) is 14.8. The highest BCUT2D eigenvalue weighted by molar-refractivity contribution is 7.26. The minimum absolute atomic E-state index is 1.01. The molecule has 0 fully saturated rings. The Morgan fingerprint density at radius 2 is 0.893 bits per heavy atom. The minimum atomic E-state index is 1.01. The van der Waals surface area contributed by atoms with Crippen LogP contribution in [0.3, 0.4) is 0 Å². The van der Waals surface area contributed by atoms with Crippen LogP contribution in [0.15, 0.2) is 194 Å². The first kappa shape index (κ1) is 31.3. The third-order valence-corrected chi connectivity index (χ3v) is 12.7. The van der Waals surface area contributed by atoms with E-state index in [0.717, 1.165) is 27.9 Å². The predicted molar refractivity (Wildman–Crippen MR) is 240 cm³/mol. The maximum absolute atomic E-state index is 5.37. The van der Waals surface area contributed by atoms with Crippen molar-refractivity contribution in [2.24, 2.45) is 0 Å². The van der Waals surface area contributed by atoms with E-state index < -0.39 is 0 Å². The van der Waals surface area contributed by atoms with Gasteiger partial charge in [-0.2, -0.15) is 0 Å². The van der Waals surface area contributed by atoms with Gasteiger partial charge in [0.2, 0.25) is 0 Å². The van der Waals surface area contributed by atoms with Crippen molar-refractivity contribution in [3.63, 3.8) is 0 Å². The number of aromatic nitrogens is 2. The second kappa shape index (κ2) is 12.2. The molecule has 9 aromatic carbocycles. The Morgan fingerprint density at radius 3 is 1.55 bits per heavy atom. The first-order valence-electron chi connectivity index (χ1n) is 19.1. The van der Waals surface area contributed by atoms with Crippen molar-refractivity contribution in [2.75, 3.05) is 0 Å². The smallest absolute Gasteiger partial charge is 0.156 e. The zero-order chi connectivity index (χ0) is 36.7. The summed E-state index contributed by atoms with van der Waals surface area (Å²) in [6.07, 6.45) is 0. The number of pyridine rings is 1. The van der Waals surface area contributed by atoms with Crippen LogP contribution in [-0.2, 0) is 0 Å². The third-order valence-electron chi connectivity index (χ3n) is 11.6. The van der Waals surface area contributed by atoms with Crippen molar-refractivity contribution in [3.05, 3.63) is 194 Å². The molecule has 3 heterocycles. The number of hydrogen-bond donors (Lipinski definition) is 0. The van der Waals surface area contributed by atoms with Gasteiger partial charge in [0.05, 0.1) is 21.4 Å². The predicted octanol–water partition coefficient (Wildman–Crippen LogP) is 15.0. The molecule has 0 saturated carbocycles. The van der Waals surface area contributed by atoms with Crippen molar-refractivity contribution in [2.45, 2.75) is 0 Å². The van der Waals surface area contributed by atoms with Gasteiger partial charge in [0, 0.05) is 15.5 Å². The average molecular weight is 729 g/mol. The SMILES string of the molecule is c1ccc(-c2ccc(-c3ccc(-c4ccc(-c5cc6c7cc8ccccc8cc7sc6c6nc7cc8ccccc8cc7n56)cc4)c4ccccc34)cc2)cc1. The Labute approximate surface area is 327 Å². The summed E-state index contributed by atoms with van der Waals surface area (Å²) in [7, 11) is 0. The van der Waals surface area contributed by atoms with E-state index in [2.05, 4.69) is 199 Å². The lowest BCUT2D eigenvalue weighted by atomic mass is 9.91. The number of thiophene rings is 1. The Bertz CT molecular complexity index is 3500. The van der Waals surface area contributed by atoms with E-state index in [1.807, 2.05) is 11.3 Å². The van der Waals surface area contributed by atoms with Gasteiger partial charge in [-0.3, -0.25) is 4.40 Å². The third kappa shape index (κ3) is 4.85. The molecule has 3 heteroatoms. The van der Waals surface area contributed by atoms with Crippen LogP contribution in [0, 0.1) is 0 Å². The highest BCUT2D eigenvalue weighted by atomic mass is 32.1. The molecule has 56 heavy (non-hydrogen) atoms. The fourth-order valence-corrected chi connectivity index (χ4v) is 9.97. The minimum Gasteiger partial charge on any atom is -0.291 e. The summed E-state index contributed by atoms with van der Waals surface area (Å²) in [5, 5.41) is 9.97. The van der Waals surface area contributed by atoms with Gasteiger partial charge >= 0.3 is 0 Å². The maximum atomic E-state index is 5.37. The summed E-state index contributed by atoms with van der Waals surface area (Å²) in [4.78, 5) is 5.37. The number of fused-ring (bicyclic) bond motifs is 10. The normalized spacial score (nSPS) is 11.9. The number of benzene rings is 9. The van der Waals surface area contributed by atoms with Crippen molar-refractivity contribution >= 4 is 80.5 Å². The van der Waals surface area contributed by atoms with E-state index >= 15 is 0 Å². The molecule has 260 valence electrons. The molecule has 2 nitrogen and oxygen atoms in total. The van der Waals surface area contributed by atoms with Gasteiger partial charge in [0.25, 0.3) is 0 Å². The summed E-state index contributed by atoms with van der Waals surface area (Å²) in [5.74, 6) is 0. The molecule has 0 saturated heterocycles. The first-order valence-corrected chi connectivity index (χ1v) is 19.9. The number of imidazole rings is 1. The molecule has 0 unspecified atom stereocenters. The molecule has 0 spiro atoms. The van der Waals surface area contributed by atoms with Gasteiger partial charge in [0.1, 0.15) is 0 Å². The van der Waals surface area contributed by atoms with E-state index in [0.29, 0.717) is 0 Å². The van der Waals surface area contributed by atoms with E-state index in [9.17, 15) is 0 Å². The topological polar surface area (TPSA) is 17.3 Å². The first-order chi connectivity index (χ1) is 27.7. The van der Waals surface area contributed by atoms with E-state index in [1.165, 1.54) is 85.9 Å². The summed E-state index contributed by atoms with van der Waals surface area (Å²) in [6.45, 7) is 0. The molecule has 0 aliphatic carbocycles. The lowest BCUT2D eigenvalue weighted by Gasteiger charge is -2.14. The van der Waals surface area contributed by atoms with E-state index in [4.69, 9.17) is 4.98 Å². The van der Waals surface area contributed by atoms with Gasteiger partial charge in [-0.05, 0) is 102 Å². The van der Waals surface area contributed by atoms with Crippen molar-refractivity contribution in [1.82, 2.24) is 9.38 Å². The van der Waals surface area contributed by atoms with Gasteiger partial charge in [0.15, 0.2) is 5.65 Å². The number of rotatable bonds is 4. The largest absolute Gasteiger partial charge is 0.291 e. The van der Waals surface area contributed by atoms with E-state index in [1.54, 1.807) is 0 Å². The average Bonchev–Trinajstić information content (AvgIpc) is 3.82. The van der Waals surface area contributed by atoms with Crippen molar-refractivity contribution in [1.29, 1.82) is 0 Å². The quantitative estimate of drug-likeness (QED) is 0.176. The van der Waals surface area contributed by atoms with Crippen LogP contribution in [0.25, 0.3) is 114 Å². The van der Waals surface area contributed by atoms with Crippen molar-refractivity contribution < 1.29 is 0 Å². The lowest BCUT2D eigenvalue weighted by Crippen LogP contribution is -1.93. The second-order valence-corrected chi connectivity index (χ2v) is 15.8. The Kier molecular flexibility index (Phi) is 6.83. The molecule has 0 aliphatic heterocycles. The molecule has 0 bridgehead atoms. The van der Waals surface area contributed by atoms with E-state index in [-0.39, 0.29) is 0 Å². The zero-order valence-corrected chi connectivity index (χ0v) is 31.1. The summed E-state index contributed by atoms with van der Waals surface area (Å²) < 4.78 is 4.89. The lowest BCUT2D eigenvalue weighted by molar-refractivity contribution is 1.25. The number of nitrogens with zero attached hydrogens (tertiary/aromatic N) is 2. The summed E-state index contributed by atoms with van der Waals surface area (Å²) >= 11 is 1.85. The van der Waals surface area contributed by atoms with Gasteiger partial charge in [-0.25, -0.2) is 4.98 Å². The monoisotopic (exact) mass is 728 g/mol. The zero-order valence-electron chi connectivity index (χ0n) is 30.3. The molecule has 12 rings (SSSR count). The molecule has 0 atom stereocenters. The molecular weight excluding hydrogens is 697 g/mol. The fraction of sp³-hybridized carbons (Fsp3) is 0. The highest BCUT2D eigenvalue weighted by Crippen LogP contribution is 2.43. The molecular formula is C53H32N2S. The van der Waals surface area contributed by atoms with Crippen LogP contribution < -0.4 is 0 Å². The summed E-state index contributed by atoms with van der Waals surface area (Å²) in [6, 6.07) is 71.0. The van der Waals surface area contributed by atoms with Gasteiger partial charge < -0.3 is 0 Å². The molecule has 0 N–H and O–H groups in total. The molecule has 0 amide bonds. The van der Waals surface area contributed by atoms with Gasteiger partial charge in [-0.15, -0.1) is 11.3 Å². The standard InChI is InChI=1S/C53H32N2S/c1-2-10-33(11-3-1)34-18-20-35(21-19-34)42-26-27-43(45-17-9-8-16-44(42)45)36-22-24-37(25-23-36)49-32-47-46-28-38-12-4-7-15-41(38)31-51(46)56-52(47)53-54-48-29-39-13-5-6-14-40(39)30-50(48)55(49)53/h1-32H. The van der Waals surface area contributed by atoms with Crippen molar-refractivity contribution in [3.8, 4) is 44.6 Å². The molecule has 0 radical (unpaired) electrons. The summed E-state index contributed by atoms with van der Waals surface area (Å²) in [5.41, 5.74) is 12.8. The molecule has 3 aromatic heterocycles. The Hall–Kier alpha value is -7.07. The van der Waals surface area contributed by atoms with Crippen LogP contribution in [0.5, 0.6) is 0 Å².